The van der Waals surface area contributed by atoms with E-state index in [1.807, 2.05) is 0 Å². The van der Waals surface area contributed by atoms with Gasteiger partial charge in [-0.25, -0.2) is 0 Å². The fourth-order valence-electron chi connectivity index (χ4n) is 1.62. The number of morpholine rings is 1. The Balaban J connectivity index is 1.98. The van der Waals surface area contributed by atoms with Crippen molar-refractivity contribution in [2.75, 3.05) is 52.5 Å². The molecule has 1 saturated heterocycles. The maximum absolute atomic E-state index is 9.69. The maximum atomic E-state index is 9.69. The van der Waals surface area contributed by atoms with Crippen molar-refractivity contribution in [3.63, 3.8) is 0 Å². The summed E-state index contributed by atoms with van der Waals surface area (Å²) in [7, 11) is 0. The summed E-state index contributed by atoms with van der Waals surface area (Å²) in [6.45, 7) is 5.62. The fourth-order valence-corrected chi connectivity index (χ4v) is 1.62. The Labute approximate surface area is 91.0 Å². The molecule has 5 heteroatoms. The van der Waals surface area contributed by atoms with Gasteiger partial charge < -0.3 is 20.3 Å². The Hall–Kier alpha value is -0.200. The molecule has 15 heavy (non-hydrogen) atoms. The Morgan fingerprint density at radius 1 is 1.33 bits per heavy atom. The number of aliphatic hydroxyl groups excluding tert-OH is 2. The molecule has 0 bridgehead atoms. The predicted molar refractivity (Wildman–Crippen MR) is 57.8 cm³/mol. The Bertz CT molecular complexity index is 152. The molecule has 0 aliphatic carbocycles. The highest BCUT2D eigenvalue weighted by molar-refractivity contribution is 4.68. The van der Waals surface area contributed by atoms with Crippen LogP contribution in [0.1, 0.15) is 6.42 Å². The minimum Gasteiger partial charge on any atom is -0.396 e. The van der Waals surface area contributed by atoms with Gasteiger partial charge in [0.25, 0.3) is 0 Å². The molecule has 1 rings (SSSR count). The van der Waals surface area contributed by atoms with Crippen LogP contribution < -0.4 is 5.32 Å². The standard InChI is InChI=1S/C10H22N2O3/c13-5-1-2-11-8-10(14)9-12-3-6-15-7-4-12/h10-11,13-14H,1-9H2. The molecule has 0 amide bonds. The van der Waals surface area contributed by atoms with Crippen molar-refractivity contribution >= 4 is 0 Å². The van der Waals surface area contributed by atoms with Crippen LogP contribution in [0.15, 0.2) is 0 Å². The first-order chi connectivity index (χ1) is 7.33. The van der Waals surface area contributed by atoms with Gasteiger partial charge in [-0.2, -0.15) is 0 Å². The van der Waals surface area contributed by atoms with E-state index in [0.717, 1.165) is 39.3 Å². The molecule has 3 N–H and O–H groups in total. The molecule has 1 atom stereocenters. The van der Waals surface area contributed by atoms with E-state index in [9.17, 15) is 5.11 Å². The summed E-state index contributed by atoms with van der Waals surface area (Å²) in [5.41, 5.74) is 0. The van der Waals surface area contributed by atoms with E-state index in [4.69, 9.17) is 9.84 Å². The molecule has 0 aromatic rings. The van der Waals surface area contributed by atoms with Crippen molar-refractivity contribution in [2.45, 2.75) is 12.5 Å². The van der Waals surface area contributed by atoms with Gasteiger partial charge in [0.05, 0.1) is 19.3 Å². The smallest absolute Gasteiger partial charge is 0.0791 e. The van der Waals surface area contributed by atoms with Crippen molar-refractivity contribution < 1.29 is 14.9 Å². The van der Waals surface area contributed by atoms with E-state index in [0.29, 0.717) is 13.1 Å². The minimum absolute atomic E-state index is 0.201. The van der Waals surface area contributed by atoms with E-state index in [1.54, 1.807) is 0 Å². The maximum Gasteiger partial charge on any atom is 0.0791 e. The van der Waals surface area contributed by atoms with Crippen LogP contribution in [-0.2, 0) is 4.74 Å². The van der Waals surface area contributed by atoms with Crippen molar-refractivity contribution in [1.29, 1.82) is 0 Å². The minimum atomic E-state index is -0.332. The topological polar surface area (TPSA) is 65.0 Å². The van der Waals surface area contributed by atoms with Crippen LogP contribution in [0, 0.1) is 0 Å². The van der Waals surface area contributed by atoms with Crippen LogP contribution in [0.4, 0.5) is 0 Å². The molecule has 1 aliphatic heterocycles. The zero-order valence-corrected chi connectivity index (χ0v) is 9.19. The molecule has 1 unspecified atom stereocenters. The normalized spacial score (nSPS) is 20.4. The van der Waals surface area contributed by atoms with Crippen LogP contribution in [0.3, 0.4) is 0 Å². The molecule has 0 aromatic heterocycles. The molecule has 1 fully saturated rings. The summed E-state index contributed by atoms with van der Waals surface area (Å²) in [5, 5.41) is 21.4. The number of nitrogens with one attached hydrogen (secondary N) is 1. The number of hydrogen-bond acceptors (Lipinski definition) is 5. The Kier molecular flexibility index (Phi) is 6.87. The number of ether oxygens (including phenoxy) is 1. The highest BCUT2D eigenvalue weighted by atomic mass is 16.5. The van der Waals surface area contributed by atoms with Crippen molar-refractivity contribution in [3.8, 4) is 0 Å². The van der Waals surface area contributed by atoms with Crippen LogP contribution >= 0.6 is 0 Å². The second-order valence-electron chi connectivity index (χ2n) is 3.85. The first-order valence-electron chi connectivity index (χ1n) is 5.62. The number of β-amino-alcohol motifs (C(OH)–C–C–N with tert-alkyl or cyclic N) is 1. The van der Waals surface area contributed by atoms with Gasteiger partial charge in [-0.05, 0) is 13.0 Å². The average Bonchev–Trinajstić information content (AvgIpc) is 2.26. The third-order valence-electron chi connectivity index (χ3n) is 2.46. The quantitative estimate of drug-likeness (QED) is 0.461. The summed E-state index contributed by atoms with van der Waals surface area (Å²) in [5.74, 6) is 0. The second-order valence-corrected chi connectivity index (χ2v) is 3.85. The van der Waals surface area contributed by atoms with Gasteiger partial charge in [0.15, 0.2) is 0 Å². The van der Waals surface area contributed by atoms with Gasteiger partial charge in [0, 0.05) is 32.8 Å². The summed E-state index contributed by atoms with van der Waals surface area (Å²) in [6.07, 6.45) is 0.409. The molecule has 0 radical (unpaired) electrons. The summed E-state index contributed by atoms with van der Waals surface area (Å²) in [4.78, 5) is 2.21. The summed E-state index contributed by atoms with van der Waals surface area (Å²) >= 11 is 0. The van der Waals surface area contributed by atoms with E-state index in [1.165, 1.54) is 0 Å². The third kappa shape index (κ3) is 6.06. The Morgan fingerprint density at radius 3 is 2.73 bits per heavy atom. The van der Waals surface area contributed by atoms with Crippen molar-refractivity contribution in [1.82, 2.24) is 10.2 Å². The van der Waals surface area contributed by atoms with Crippen LogP contribution in [0.25, 0.3) is 0 Å². The highest BCUT2D eigenvalue weighted by Gasteiger charge is 2.14. The van der Waals surface area contributed by atoms with Gasteiger partial charge in [0.2, 0.25) is 0 Å². The fraction of sp³-hybridized carbons (Fsp3) is 1.00. The van der Waals surface area contributed by atoms with E-state index >= 15 is 0 Å². The average molecular weight is 218 g/mol. The molecule has 0 spiro atoms. The van der Waals surface area contributed by atoms with Gasteiger partial charge >= 0.3 is 0 Å². The van der Waals surface area contributed by atoms with Crippen molar-refractivity contribution in [2.24, 2.45) is 0 Å². The zero-order valence-electron chi connectivity index (χ0n) is 9.19. The largest absolute Gasteiger partial charge is 0.396 e. The molecule has 1 aliphatic rings. The van der Waals surface area contributed by atoms with Gasteiger partial charge in [0.1, 0.15) is 0 Å². The SMILES string of the molecule is OCCCNCC(O)CN1CCOCC1. The molecule has 90 valence electrons. The molecule has 1 heterocycles. The third-order valence-corrected chi connectivity index (χ3v) is 2.46. The van der Waals surface area contributed by atoms with Crippen LogP contribution in [0.5, 0.6) is 0 Å². The predicted octanol–water partition coefficient (Wildman–Crippen LogP) is -1.35. The molecular weight excluding hydrogens is 196 g/mol. The molecule has 0 saturated carbocycles. The van der Waals surface area contributed by atoms with E-state index in [-0.39, 0.29) is 12.7 Å². The lowest BCUT2D eigenvalue weighted by molar-refractivity contribution is 0.0149. The van der Waals surface area contributed by atoms with Crippen LogP contribution in [-0.4, -0.2) is 73.8 Å². The van der Waals surface area contributed by atoms with Gasteiger partial charge in [-0.1, -0.05) is 0 Å². The first kappa shape index (κ1) is 12.9. The number of hydrogen-bond donors (Lipinski definition) is 3. The number of nitrogens with zero attached hydrogens (tertiary/aromatic N) is 1. The first-order valence-corrected chi connectivity index (χ1v) is 5.62. The lowest BCUT2D eigenvalue weighted by atomic mass is 10.3. The van der Waals surface area contributed by atoms with Gasteiger partial charge in [-0.15, -0.1) is 0 Å². The second kappa shape index (κ2) is 8.01. The lowest BCUT2D eigenvalue weighted by Crippen LogP contribution is -2.43. The summed E-state index contributed by atoms with van der Waals surface area (Å²) < 4.78 is 5.23. The van der Waals surface area contributed by atoms with Crippen LogP contribution in [0.2, 0.25) is 0 Å². The van der Waals surface area contributed by atoms with E-state index in [2.05, 4.69) is 10.2 Å². The Morgan fingerprint density at radius 2 is 2.07 bits per heavy atom. The molecular formula is C10H22N2O3. The number of rotatable bonds is 7. The van der Waals surface area contributed by atoms with Crippen molar-refractivity contribution in [3.05, 3.63) is 0 Å². The molecule has 5 nitrogen and oxygen atoms in total. The summed E-state index contributed by atoms with van der Waals surface area (Å²) in [6, 6.07) is 0. The molecule has 0 aromatic carbocycles. The lowest BCUT2D eigenvalue weighted by Gasteiger charge is -2.28. The zero-order chi connectivity index (χ0) is 10.9. The highest BCUT2D eigenvalue weighted by Crippen LogP contribution is 1.97. The van der Waals surface area contributed by atoms with Gasteiger partial charge in [-0.3, -0.25) is 4.90 Å². The monoisotopic (exact) mass is 218 g/mol. The number of aliphatic hydroxyl groups is 2. The van der Waals surface area contributed by atoms with E-state index < -0.39 is 0 Å².